The average molecular weight is 222 g/mol. The average Bonchev–Trinajstić information content (AvgIpc) is 2.28. The van der Waals surface area contributed by atoms with Crippen molar-refractivity contribution in [1.82, 2.24) is 0 Å². The van der Waals surface area contributed by atoms with Crippen LogP contribution in [0, 0.1) is 0 Å². The van der Waals surface area contributed by atoms with Gasteiger partial charge >= 0.3 is 5.97 Å². The molecule has 0 saturated carbocycles. The van der Waals surface area contributed by atoms with E-state index in [1.807, 2.05) is 12.1 Å². The number of aliphatic hydroxyl groups is 2. The number of benzene rings is 1. The van der Waals surface area contributed by atoms with Crippen LogP contribution in [-0.2, 0) is 22.4 Å². The molecule has 1 aliphatic rings. The Labute approximate surface area is 93.5 Å². The highest BCUT2D eigenvalue weighted by Gasteiger charge is 2.27. The van der Waals surface area contributed by atoms with Crippen LogP contribution in [0.5, 0.6) is 0 Å². The molecule has 2 N–H and O–H groups in total. The van der Waals surface area contributed by atoms with Gasteiger partial charge < -0.3 is 14.9 Å². The van der Waals surface area contributed by atoms with Gasteiger partial charge in [0, 0.05) is 0 Å². The van der Waals surface area contributed by atoms with E-state index in [9.17, 15) is 15.0 Å². The first kappa shape index (κ1) is 11.1. The molecule has 0 saturated heterocycles. The predicted octanol–water partition coefficient (Wildman–Crippen LogP) is 0.353. The molecular formula is C12H14O4. The van der Waals surface area contributed by atoms with Crippen molar-refractivity contribution in [2.45, 2.75) is 25.0 Å². The van der Waals surface area contributed by atoms with Crippen LogP contribution < -0.4 is 0 Å². The molecular weight excluding hydrogens is 208 g/mol. The predicted molar refractivity (Wildman–Crippen MR) is 56.8 cm³/mol. The van der Waals surface area contributed by atoms with Crippen molar-refractivity contribution in [3.8, 4) is 0 Å². The Morgan fingerprint density at radius 2 is 2.00 bits per heavy atom. The molecule has 1 aromatic rings. The molecule has 4 nitrogen and oxygen atoms in total. The number of carbonyl (C=O) groups is 1. The van der Waals surface area contributed by atoms with Gasteiger partial charge in [-0.3, -0.25) is 0 Å². The Morgan fingerprint density at radius 3 is 2.50 bits per heavy atom. The van der Waals surface area contributed by atoms with Gasteiger partial charge in [-0.15, -0.1) is 0 Å². The highest BCUT2D eigenvalue weighted by Crippen LogP contribution is 2.27. The molecule has 1 aromatic carbocycles. The number of esters is 1. The maximum atomic E-state index is 11.1. The van der Waals surface area contributed by atoms with Gasteiger partial charge in [0.25, 0.3) is 0 Å². The number of hydrogen-bond acceptors (Lipinski definition) is 4. The van der Waals surface area contributed by atoms with Gasteiger partial charge in [-0.05, 0) is 29.5 Å². The minimum absolute atomic E-state index is 0.552. The van der Waals surface area contributed by atoms with E-state index < -0.39 is 18.2 Å². The fraction of sp³-hybridized carbons (Fsp3) is 0.417. The summed E-state index contributed by atoms with van der Waals surface area (Å²) in [4.78, 5) is 11.1. The van der Waals surface area contributed by atoms with Crippen LogP contribution in [0.4, 0.5) is 0 Å². The van der Waals surface area contributed by atoms with Crippen molar-refractivity contribution in [2.24, 2.45) is 0 Å². The number of hydrogen-bond donors (Lipinski definition) is 2. The number of fused-ring (bicyclic) bond motifs is 1. The van der Waals surface area contributed by atoms with Gasteiger partial charge in [-0.2, -0.15) is 0 Å². The molecule has 2 atom stereocenters. The molecule has 0 bridgehead atoms. The normalized spacial score (nSPS) is 16.9. The van der Waals surface area contributed by atoms with E-state index in [-0.39, 0.29) is 0 Å². The molecule has 0 fully saturated rings. The Kier molecular flexibility index (Phi) is 2.94. The zero-order valence-electron chi connectivity index (χ0n) is 9.01. The number of methoxy groups -OCH3 is 1. The van der Waals surface area contributed by atoms with Crippen LogP contribution in [0.2, 0.25) is 0 Å². The third kappa shape index (κ3) is 1.81. The maximum absolute atomic E-state index is 11.1. The van der Waals surface area contributed by atoms with Crippen molar-refractivity contribution >= 4 is 5.97 Å². The zero-order chi connectivity index (χ0) is 11.7. The van der Waals surface area contributed by atoms with Gasteiger partial charge in [0.05, 0.1) is 7.11 Å². The summed E-state index contributed by atoms with van der Waals surface area (Å²) in [5.41, 5.74) is 2.99. The van der Waals surface area contributed by atoms with Crippen LogP contribution in [0.3, 0.4) is 0 Å². The summed E-state index contributed by atoms with van der Waals surface area (Å²) >= 11 is 0. The van der Waals surface area contributed by atoms with Crippen molar-refractivity contribution in [3.63, 3.8) is 0 Å². The molecule has 2 rings (SSSR count). The lowest BCUT2D eigenvalue weighted by molar-refractivity contribution is -0.156. The Bertz CT molecular complexity index is 413. The third-order valence-electron chi connectivity index (χ3n) is 2.98. The van der Waals surface area contributed by atoms with Crippen LogP contribution in [0.25, 0.3) is 0 Å². The molecule has 1 aliphatic carbocycles. The summed E-state index contributed by atoms with van der Waals surface area (Å²) in [5, 5.41) is 19.3. The van der Waals surface area contributed by atoms with Crippen molar-refractivity contribution in [3.05, 3.63) is 34.9 Å². The molecule has 0 aliphatic heterocycles. The first-order valence-electron chi connectivity index (χ1n) is 5.19. The van der Waals surface area contributed by atoms with E-state index in [0.29, 0.717) is 5.56 Å². The summed E-state index contributed by atoms with van der Waals surface area (Å²) in [5.74, 6) is -0.824. The Morgan fingerprint density at radius 1 is 1.31 bits per heavy atom. The van der Waals surface area contributed by atoms with Crippen LogP contribution in [-0.4, -0.2) is 29.4 Å². The minimum Gasteiger partial charge on any atom is -0.467 e. The first-order valence-corrected chi connectivity index (χ1v) is 5.19. The summed E-state index contributed by atoms with van der Waals surface area (Å²) in [6.07, 6.45) is -0.698. The van der Waals surface area contributed by atoms with Crippen molar-refractivity contribution in [1.29, 1.82) is 0 Å². The van der Waals surface area contributed by atoms with E-state index in [1.165, 1.54) is 18.2 Å². The monoisotopic (exact) mass is 222 g/mol. The summed E-state index contributed by atoms with van der Waals surface area (Å²) < 4.78 is 4.37. The SMILES string of the molecule is COC(=O)C(O)C(O)c1ccc2c(c1)CC2. The molecule has 86 valence electrons. The number of carbonyl (C=O) groups excluding carboxylic acids is 1. The first-order chi connectivity index (χ1) is 7.63. The topological polar surface area (TPSA) is 66.8 Å². The van der Waals surface area contributed by atoms with Crippen LogP contribution in [0.15, 0.2) is 18.2 Å². The van der Waals surface area contributed by atoms with Gasteiger partial charge in [0.2, 0.25) is 0 Å². The fourth-order valence-corrected chi connectivity index (χ4v) is 1.83. The smallest absolute Gasteiger partial charge is 0.337 e. The van der Waals surface area contributed by atoms with Gasteiger partial charge in [-0.25, -0.2) is 4.79 Å². The highest BCUT2D eigenvalue weighted by atomic mass is 16.5. The molecule has 4 heteroatoms. The second kappa shape index (κ2) is 4.23. The molecule has 0 heterocycles. The maximum Gasteiger partial charge on any atom is 0.337 e. The second-order valence-electron chi connectivity index (χ2n) is 3.94. The van der Waals surface area contributed by atoms with E-state index >= 15 is 0 Å². The van der Waals surface area contributed by atoms with Crippen molar-refractivity contribution in [2.75, 3.05) is 7.11 Å². The lowest BCUT2D eigenvalue weighted by atomic mass is 9.86. The van der Waals surface area contributed by atoms with Gasteiger partial charge in [0.1, 0.15) is 6.10 Å². The number of aliphatic hydroxyl groups excluding tert-OH is 2. The lowest BCUT2D eigenvalue weighted by Gasteiger charge is -2.22. The summed E-state index contributed by atoms with van der Waals surface area (Å²) in [6, 6.07) is 5.48. The molecule has 0 aromatic heterocycles. The number of rotatable bonds is 3. The quantitative estimate of drug-likeness (QED) is 0.724. The van der Waals surface area contributed by atoms with Crippen LogP contribution >= 0.6 is 0 Å². The minimum atomic E-state index is -1.52. The standard InChI is InChI=1S/C12H14O4/c1-16-12(15)11(14)10(13)9-5-3-7-2-4-8(7)6-9/h3,5-6,10-11,13-14H,2,4H2,1H3. The second-order valence-corrected chi connectivity index (χ2v) is 3.94. The van der Waals surface area contributed by atoms with Crippen molar-refractivity contribution < 1.29 is 19.7 Å². The van der Waals surface area contributed by atoms with Crippen LogP contribution in [0.1, 0.15) is 22.8 Å². The van der Waals surface area contributed by atoms with E-state index in [1.54, 1.807) is 6.07 Å². The molecule has 0 amide bonds. The van der Waals surface area contributed by atoms with E-state index in [4.69, 9.17) is 0 Å². The third-order valence-corrected chi connectivity index (χ3v) is 2.98. The largest absolute Gasteiger partial charge is 0.467 e. The van der Waals surface area contributed by atoms with E-state index in [2.05, 4.69) is 4.74 Å². The number of aryl methyl sites for hydroxylation is 2. The Balaban J connectivity index is 2.17. The Hall–Kier alpha value is -1.39. The van der Waals surface area contributed by atoms with Gasteiger partial charge in [-0.1, -0.05) is 18.2 Å². The summed E-state index contributed by atoms with van der Waals surface area (Å²) in [7, 11) is 1.18. The fourth-order valence-electron chi connectivity index (χ4n) is 1.83. The van der Waals surface area contributed by atoms with Gasteiger partial charge in [0.15, 0.2) is 6.10 Å². The highest BCUT2D eigenvalue weighted by molar-refractivity contribution is 5.75. The lowest BCUT2D eigenvalue weighted by Crippen LogP contribution is -2.29. The molecule has 2 unspecified atom stereocenters. The zero-order valence-corrected chi connectivity index (χ0v) is 9.01. The summed E-state index contributed by atoms with van der Waals surface area (Å²) in [6.45, 7) is 0. The molecule has 0 spiro atoms. The molecule has 0 radical (unpaired) electrons. The number of ether oxygens (including phenoxy) is 1. The molecule has 16 heavy (non-hydrogen) atoms. The van der Waals surface area contributed by atoms with E-state index in [0.717, 1.165) is 12.8 Å².